The first kappa shape index (κ1) is 23.9. The molecule has 0 aliphatic carbocycles. The molecular weight excluding hydrogens is 502 g/mol. The summed E-state index contributed by atoms with van der Waals surface area (Å²) >= 11 is 0. The Bertz CT molecular complexity index is 1860. The molecule has 6 aromatic rings. The standard InChI is InChI=1S/C31H27N7O2/c1-39-27-6-3-2-5-24(27)25-17-38(31-29(25)30(32)34-19-35-31)22-13-20(15-33-16-22)18-40-23-9-7-21-8-10-28(36-26(21)14-23)37-11-4-12-37/h2-3,5-10,13-17,19H,4,11-12,18H2,1H3,(H2,32,34,35). The summed E-state index contributed by atoms with van der Waals surface area (Å²) in [5, 5.41) is 1.85. The maximum atomic E-state index is 6.35. The normalized spacial score (nSPS) is 13.0. The Morgan fingerprint density at radius 1 is 0.950 bits per heavy atom. The number of benzene rings is 2. The van der Waals surface area contributed by atoms with Gasteiger partial charge in [0.25, 0.3) is 0 Å². The Morgan fingerprint density at radius 2 is 1.82 bits per heavy atom. The van der Waals surface area contributed by atoms with Gasteiger partial charge in [0, 0.05) is 53.6 Å². The van der Waals surface area contributed by atoms with E-state index in [9.17, 15) is 0 Å². The van der Waals surface area contributed by atoms with E-state index in [1.54, 1.807) is 19.5 Å². The van der Waals surface area contributed by atoms with E-state index in [-0.39, 0.29) is 0 Å². The van der Waals surface area contributed by atoms with Gasteiger partial charge in [-0.3, -0.25) is 9.55 Å². The van der Waals surface area contributed by atoms with Crippen LogP contribution in [-0.4, -0.2) is 44.7 Å². The number of nitrogens with zero attached hydrogens (tertiary/aromatic N) is 6. The van der Waals surface area contributed by atoms with Crippen molar-refractivity contribution in [3.8, 4) is 28.3 Å². The van der Waals surface area contributed by atoms with Gasteiger partial charge in [-0.05, 0) is 42.8 Å². The molecule has 1 fully saturated rings. The second-order valence-electron chi connectivity index (χ2n) is 9.78. The van der Waals surface area contributed by atoms with E-state index in [4.69, 9.17) is 20.2 Å². The number of pyridine rings is 2. The first-order valence-electron chi connectivity index (χ1n) is 13.2. The maximum Gasteiger partial charge on any atom is 0.150 e. The lowest BCUT2D eigenvalue weighted by atomic mass is 10.1. The van der Waals surface area contributed by atoms with Crippen LogP contribution in [0.2, 0.25) is 0 Å². The number of methoxy groups -OCH3 is 1. The average Bonchev–Trinajstić information content (AvgIpc) is 3.36. The molecule has 9 heteroatoms. The van der Waals surface area contributed by atoms with Crippen molar-refractivity contribution < 1.29 is 9.47 Å². The number of para-hydroxylation sites is 1. The molecule has 1 aliphatic heterocycles. The summed E-state index contributed by atoms with van der Waals surface area (Å²) in [5.74, 6) is 2.92. The van der Waals surface area contributed by atoms with Crippen LogP contribution < -0.4 is 20.1 Å². The zero-order valence-corrected chi connectivity index (χ0v) is 22.0. The Hall–Kier alpha value is -5.18. The topological polar surface area (TPSA) is 104 Å². The summed E-state index contributed by atoms with van der Waals surface area (Å²) in [6.07, 6.45) is 8.30. The third kappa shape index (κ3) is 4.21. The molecule has 2 aromatic carbocycles. The molecule has 7 rings (SSSR count). The van der Waals surface area contributed by atoms with Gasteiger partial charge in [0.2, 0.25) is 0 Å². The smallest absolute Gasteiger partial charge is 0.150 e. The summed E-state index contributed by atoms with van der Waals surface area (Å²) in [6.45, 7) is 2.48. The van der Waals surface area contributed by atoms with E-state index in [1.165, 1.54) is 12.7 Å². The van der Waals surface area contributed by atoms with Gasteiger partial charge in [-0.2, -0.15) is 0 Å². The molecule has 1 aliphatic rings. The molecule has 0 saturated carbocycles. The van der Waals surface area contributed by atoms with E-state index in [0.717, 1.165) is 69.1 Å². The second kappa shape index (κ2) is 9.85. The minimum atomic E-state index is 0.355. The molecule has 4 aromatic heterocycles. The van der Waals surface area contributed by atoms with Crippen molar-refractivity contribution in [3.05, 3.63) is 91.1 Å². The number of aromatic nitrogens is 5. The highest BCUT2D eigenvalue weighted by Gasteiger charge is 2.19. The molecule has 5 heterocycles. The summed E-state index contributed by atoms with van der Waals surface area (Å²) in [5.41, 5.74) is 11.5. The van der Waals surface area contributed by atoms with Crippen molar-refractivity contribution in [2.24, 2.45) is 0 Å². The zero-order valence-electron chi connectivity index (χ0n) is 22.0. The molecule has 9 nitrogen and oxygen atoms in total. The fourth-order valence-corrected chi connectivity index (χ4v) is 5.10. The molecule has 2 N–H and O–H groups in total. The maximum absolute atomic E-state index is 6.35. The van der Waals surface area contributed by atoms with Crippen molar-refractivity contribution in [2.75, 3.05) is 30.8 Å². The van der Waals surface area contributed by atoms with Crippen LogP contribution in [0, 0.1) is 0 Å². The van der Waals surface area contributed by atoms with Gasteiger partial charge in [-0.25, -0.2) is 15.0 Å². The lowest BCUT2D eigenvalue weighted by molar-refractivity contribution is 0.306. The predicted molar refractivity (Wildman–Crippen MR) is 156 cm³/mol. The molecule has 0 unspecified atom stereocenters. The molecule has 0 atom stereocenters. The number of anilines is 2. The molecular formula is C31H27N7O2. The summed E-state index contributed by atoms with van der Waals surface area (Å²) < 4.78 is 13.8. The average molecular weight is 530 g/mol. The van der Waals surface area contributed by atoms with Gasteiger partial charge in [-0.15, -0.1) is 0 Å². The van der Waals surface area contributed by atoms with Gasteiger partial charge in [-0.1, -0.05) is 18.2 Å². The number of fused-ring (bicyclic) bond motifs is 2. The SMILES string of the molecule is COc1ccccc1-c1cn(-c2cncc(COc3ccc4ccc(N5CCC5)nc4c3)c2)c2ncnc(N)c12. The summed E-state index contributed by atoms with van der Waals surface area (Å²) in [4.78, 5) is 20.4. The van der Waals surface area contributed by atoms with Crippen molar-refractivity contribution in [2.45, 2.75) is 13.0 Å². The Kier molecular flexibility index (Phi) is 5.88. The van der Waals surface area contributed by atoms with E-state index >= 15 is 0 Å². The van der Waals surface area contributed by atoms with Crippen LogP contribution in [0.4, 0.5) is 11.6 Å². The highest BCUT2D eigenvalue weighted by molar-refractivity contribution is 6.02. The summed E-state index contributed by atoms with van der Waals surface area (Å²) in [7, 11) is 1.65. The second-order valence-corrected chi connectivity index (χ2v) is 9.78. The number of hydrogen-bond acceptors (Lipinski definition) is 8. The monoisotopic (exact) mass is 529 g/mol. The first-order valence-corrected chi connectivity index (χ1v) is 13.2. The van der Waals surface area contributed by atoms with Crippen LogP contribution in [-0.2, 0) is 6.61 Å². The van der Waals surface area contributed by atoms with E-state index in [0.29, 0.717) is 18.1 Å². The highest BCUT2D eigenvalue weighted by Crippen LogP contribution is 2.38. The van der Waals surface area contributed by atoms with Crippen LogP contribution in [0.5, 0.6) is 11.5 Å². The predicted octanol–water partition coefficient (Wildman–Crippen LogP) is 5.41. The Morgan fingerprint density at radius 3 is 2.67 bits per heavy atom. The van der Waals surface area contributed by atoms with Gasteiger partial charge >= 0.3 is 0 Å². The van der Waals surface area contributed by atoms with E-state index in [2.05, 4.69) is 32.0 Å². The molecule has 0 bridgehead atoms. The van der Waals surface area contributed by atoms with Crippen LogP contribution >= 0.6 is 0 Å². The van der Waals surface area contributed by atoms with Crippen LogP contribution in [0.15, 0.2) is 85.6 Å². The van der Waals surface area contributed by atoms with Crippen LogP contribution in [0.1, 0.15) is 12.0 Å². The fraction of sp³-hybridized carbons (Fsp3) is 0.161. The molecule has 198 valence electrons. The number of nitrogen functional groups attached to an aromatic ring is 1. The molecule has 0 radical (unpaired) electrons. The zero-order chi connectivity index (χ0) is 27.1. The number of nitrogens with two attached hydrogens (primary N) is 1. The van der Waals surface area contributed by atoms with E-state index in [1.807, 2.05) is 59.3 Å². The molecule has 0 spiro atoms. The van der Waals surface area contributed by atoms with Crippen molar-refractivity contribution in [3.63, 3.8) is 0 Å². The lowest BCUT2D eigenvalue weighted by Crippen LogP contribution is -2.37. The van der Waals surface area contributed by atoms with Gasteiger partial charge < -0.3 is 20.1 Å². The van der Waals surface area contributed by atoms with E-state index < -0.39 is 0 Å². The van der Waals surface area contributed by atoms with Crippen molar-refractivity contribution in [1.82, 2.24) is 24.5 Å². The first-order chi connectivity index (χ1) is 19.7. The molecule has 0 amide bonds. The Labute approximate surface area is 230 Å². The highest BCUT2D eigenvalue weighted by atomic mass is 16.5. The third-order valence-corrected chi connectivity index (χ3v) is 7.30. The largest absolute Gasteiger partial charge is 0.496 e. The lowest BCUT2D eigenvalue weighted by Gasteiger charge is -2.32. The number of ether oxygens (including phenoxy) is 2. The molecule has 1 saturated heterocycles. The van der Waals surface area contributed by atoms with Crippen LogP contribution in [0.25, 0.3) is 38.8 Å². The van der Waals surface area contributed by atoms with Gasteiger partial charge in [0.1, 0.15) is 36.1 Å². The minimum Gasteiger partial charge on any atom is -0.496 e. The van der Waals surface area contributed by atoms with Crippen molar-refractivity contribution in [1.29, 1.82) is 0 Å². The summed E-state index contributed by atoms with van der Waals surface area (Å²) in [6, 6.07) is 20.1. The van der Waals surface area contributed by atoms with Gasteiger partial charge in [0.05, 0.1) is 29.9 Å². The van der Waals surface area contributed by atoms with Gasteiger partial charge in [0.15, 0.2) is 5.65 Å². The number of hydrogen-bond donors (Lipinski definition) is 1. The quantitative estimate of drug-likeness (QED) is 0.293. The fourth-order valence-electron chi connectivity index (χ4n) is 5.10. The third-order valence-electron chi connectivity index (χ3n) is 7.30. The Balaban J connectivity index is 1.20. The minimum absolute atomic E-state index is 0.355. The molecule has 40 heavy (non-hydrogen) atoms. The van der Waals surface area contributed by atoms with Crippen molar-refractivity contribution >= 4 is 33.6 Å². The van der Waals surface area contributed by atoms with Crippen LogP contribution in [0.3, 0.4) is 0 Å². The number of rotatable bonds is 7.